The number of benzene rings is 3. The van der Waals surface area contributed by atoms with Crippen molar-refractivity contribution in [1.29, 1.82) is 0 Å². The van der Waals surface area contributed by atoms with Crippen LogP contribution in [0, 0.1) is 0 Å². The fourth-order valence-electron chi connectivity index (χ4n) is 2.70. The molecule has 0 unspecified atom stereocenters. The lowest BCUT2D eigenvalue weighted by atomic mass is 10.2. The Balaban J connectivity index is 1.51. The summed E-state index contributed by atoms with van der Waals surface area (Å²) in [6.45, 7) is 2.54. The van der Waals surface area contributed by atoms with Gasteiger partial charge in [-0.05, 0) is 55.0 Å². The first kappa shape index (κ1) is 20.9. The van der Waals surface area contributed by atoms with E-state index in [4.69, 9.17) is 14.2 Å². The Morgan fingerprint density at radius 2 is 1.67 bits per heavy atom. The van der Waals surface area contributed by atoms with Gasteiger partial charge in [0.2, 0.25) is 0 Å². The molecule has 0 bridgehead atoms. The Morgan fingerprint density at radius 3 is 2.37 bits per heavy atom. The molecule has 154 valence electrons. The summed E-state index contributed by atoms with van der Waals surface area (Å²) in [5.41, 5.74) is 2.20. The van der Waals surface area contributed by atoms with Crippen LogP contribution in [0.2, 0.25) is 0 Å². The second kappa shape index (κ2) is 10.7. The molecule has 3 aromatic rings. The summed E-state index contributed by atoms with van der Waals surface area (Å²) in [5, 5.41) is 2.77. The third kappa shape index (κ3) is 6.10. The van der Waals surface area contributed by atoms with Crippen molar-refractivity contribution < 1.29 is 23.8 Å². The van der Waals surface area contributed by atoms with Gasteiger partial charge in [0, 0.05) is 11.3 Å². The minimum atomic E-state index is -0.310. The quantitative estimate of drug-likeness (QED) is 0.503. The van der Waals surface area contributed by atoms with Gasteiger partial charge >= 0.3 is 0 Å². The van der Waals surface area contributed by atoms with Crippen LogP contribution in [0.1, 0.15) is 22.8 Å². The Bertz CT molecular complexity index is 971. The van der Waals surface area contributed by atoms with Crippen molar-refractivity contribution in [1.82, 2.24) is 0 Å². The molecule has 30 heavy (non-hydrogen) atoms. The van der Waals surface area contributed by atoms with E-state index in [2.05, 4.69) is 5.32 Å². The SMILES string of the molecule is CCOc1cc(C=O)ccc1OCC(=O)Nc1ccc(OCc2ccccc2)cc1. The lowest BCUT2D eigenvalue weighted by Crippen LogP contribution is -2.20. The largest absolute Gasteiger partial charge is 0.490 e. The zero-order chi connectivity index (χ0) is 21.2. The first-order chi connectivity index (χ1) is 14.7. The predicted molar refractivity (Wildman–Crippen MR) is 114 cm³/mol. The van der Waals surface area contributed by atoms with E-state index >= 15 is 0 Å². The summed E-state index contributed by atoms with van der Waals surface area (Å²) in [7, 11) is 0. The number of anilines is 1. The maximum atomic E-state index is 12.2. The summed E-state index contributed by atoms with van der Waals surface area (Å²) in [5.74, 6) is 1.23. The fraction of sp³-hybridized carbons (Fsp3) is 0.167. The van der Waals surface area contributed by atoms with Gasteiger partial charge in [0.25, 0.3) is 5.91 Å². The average molecular weight is 405 g/mol. The minimum Gasteiger partial charge on any atom is -0.490 e. The van der Waals surface area contributed by atoms with Crippen molar-refractivity contribution >= 4 is 17.9 Å². The number of ether oxygens (including phenoxy) is 3. The molecule has 0 fully saturated rings. The Morgan fingerprint density at radius 1 is 0.900 bits per heavy atom. The molecular formula is C24H23NO5. The summed E-state index contributed by atoms with van der Waals surface area (Å²) < 4.78 is 16.8. The topological polar surface area (TPSA) is 73.9 Å². The highest BCUT2D eigenvalue weighted by molar-refractivity contribution is 5.92. The molecule has 3 aromatic carbocycles. The van der Waals surface area contributed by atoms with Gasteiger partial charge in [0.15, 0.2) is 18.1 Å². The van der Waals surface area contributed by atoms with E-state index in [1.807, 2.05) is 37.3 Å². The monoisotopic (exact) mass is 405 g/mol. The van der Waals surface area contributed by atoms with Crippen LogP contribution in [0.5, 0.6) is 17.2 Å². The zero-order valence-corrected chi connectivity index (χ0v) is 16.7. The van der Waals surface area contributed by atoms with Crippen LogP contribution < -0.4 is 19.5 Å². The summed E-state index contributed by atoms with van der Waals surface area (Å²) in [6, 6.07) is 21.8. The minimum absolute atomic E-state index is 0.188. The Kier molecular flexibility index (Phi) is 7.44. The van der Waals surface area contributed by atoms with Crippen LogP contribution in [-0.2, 0) is 11.4 Å². The van der Waals surface area contributed by atoms with Crippen LogP contribution >= 0.6 is 0 Å². The van der Waals surface area contributed by atoms with Gasteiger partial charge in [-0.1, -0.05) is 30.3 Å². The summed E-state index contributed by atoms with van der Waals surface area (Å²) in [4.78, 5) is 23.1. The third-order valence-corrected chi connectivity index (χ3v) is 4.15. The maximum Gasteiger partial charge on any atom is 0.262 e. The van der Waals surface area contributed by atoms with Gasteiger partial charge in [-0.15, -0.1) is 0 Å². The van der Waals surface area contributed by atoms with E-state index in [9.17, 15) is 9.59 Å². The first-order valence-corrected chi connectivity index (χ1v) is 9.59. The molecule has 0 aromatic heterocycles. The molecule has 0 saturated carbocycles. The van der Waals surface area contributed by atoms with Crippen molar-refractivity contribution in [2.45, 2.75) is 13.5 Å². The summed E-state index contributed by atoms with van der Waals surface area (Å²) in [6.07, 6.45) is 0.728. The van der Waals surface area contributed by atoms with Gasteiger partial charge in [-0.3, -0.25) is 9.59 Å². The molecular weight excluding hydrogens is 382 g/mol. The predicted octanol–water partition coefficient (Wildman–Crippen LogP) is 4.49. The molecule has 1 amide bonds. The van der Waals surface area contributed by atoms with Gasteiger partial charge in [-0.25, -0.2) is 0 Å². The van der Waals surface area contributed by atoms with Crippen LogP contribution in [0.15, 0.2) is 72.8 Å². The molecule has 0 saturated heterocycles. The van der Waals surface area contributed by atoms with Crippen LogP contribution in [0.4, 0.5) is 5.69 Å². The highest BCUT2D eigenvalue weighted by Crippen LogP contribution is 2.28. The second-order valence-corrected chi connectivity index (χ2v) is 6.39. The van der Waals surface area contributed by atoms with Crippen molar-refractivity contribution in [3.05, 3.63) is 83.9 Å². The molecule has 0 heterocycles. The molecule has 0 spiro atoms. The first-order valence-electron chi connectivity index (χ1n) is 9.59. The average Bonchev–Trinajstić information content (AvgIpc) is 2.78. The molecule has 0 aliphatic rings. The van der Waals surface area contributed by atoms with E-state index in [0.29, 0.717) is 41.7 Å². The Labute approximate surface area is 175 Å². The van der Waals surface area contributed by atoms with Crippen molar-refractivity contribution in [3.8, 4) is 17.2 Å². The highest BCUT2D eigenvalue weighted by atomic mass is 16.5. The Hall–Kier alpha value is -3.80. The molecule has 0 atom stereocenters. The van der Waals surface area contributed by atoms with E-state index < -0.39 is 0 Å². The molecule has 0 aliphatic carbocycles. The third-order valence-electron chi connectivity index (χ3n) is 4.15. The van der Waals surface area contributed by atoms with Gasteiger partial charge in [-0.2, -0.15) is 0 Å². The highest BCUT2D eigenvalue weighted by Gasteiger charge is 2.10. The molecule has 6 heteroatoms. The van der Waals surface area contributed by atoms with Crippen molar-refractivity contribution in [3.63, 3.8) is 0 Å². The normalized spacial score (nSPS) is 10.2. The lowest BCUT2D eigenvalue weighted by molar-refractivity contribution is -0.118. The molecule has 0 radical (unpaired) electrons. The molecule has 6 nitrogen and oxygen atoms in total. The number of aldehydes is 1. The van der Waals surface area contributed by atoms with Gasteiger partial charge in [0.1, 0.15) is 18.6 Å². The van der Waals surface area contributed by atoms with Crippen LogP contribution in [0.25, 0.3) is 0 Å². The van der Waals surface area contributed by atoms with Gasteiger partial charge in [0.05, 0.1) is 6.61 Å². The van der Waals surface area contributed by atoms with Crippen molar-refractivity contribution in [2.75, 3.05) is 18.5 Å². The number of rotatable bonds is 10. The molecule has 1 N–H and O–H groups in total. The van der Waals surface area contributed by atoms with E-state index in [1.54, 1.807) is 42.5 Å². The number of carbonyl (C=O) groups is 2. The second-order valence-electron chi connectivity index (χ2n) is 6.39. The summed E-state index contributed by atoms with van der Waals surface area (Å²) >= 11 is 0. The van der Waals surface area contributed by atoms with Crippen LogP contribution in [-0.4, -0.2) is 25.4 Å². The van der Waals surface area contributed by atoms with E-state index in [0.717, 1.165) is 11.8 Å². The number of hydrogen-bond donors (Lipinski definition) is 1. The number of nitrogens with one attached hydrogen (secondary N) is 1. The standard InChI is InChI=1S/C24H23NO5/c1-2-28-23-14-19(15-26)8-13-22(23)30-17-24(27)25-20-9-11-21(12-10-20)29-16-18-6-4-3-5-7-18/h3-15H,2,16-17H2,1H3,(H,25,27). The van der Waals surface area contributed by atoms with Gasteiger partial charge < -0.3 is 19.5 Å². The molecule has 3 rings (SSSR count). The maximum absolute atomic E-state index is 12.2. The number of hydrogen-bond acceptors (Lipinski definition) is 5. The fourth-order valence-corrected chi connectivity index (χ4v) is 2.70. The number of amides is 1. The smallest absolute Gasteiger partial charge is 0.262 e. The van der Waals surface area contributed by atoms with Crippen molar-refractivity contribution in [2.24, 2.45) is 0 Å². The van der Waals surface area contributed by atoms with E-state index in [-0.39, 0.29) is 12.5 Å². The zero-order valence-electron chi connectivity index (χ0n) is 16.7. The lowest BCUT2D eigenvalue weighted by Gasteiger charge is -2.12. The number of carbonyl (C=O) groups excluding carboxylic acids is 2. The molecule has 0 aliphatic heterocycles. The van der Waals surface area contributed by atoms with Crippen LogP contribution in [0.3, 0.4) is 0 Å². The van der Waals surface area contributed by atoms with E-state index in [1.165, 1.54) is 0 Å².